The molecule has 2 unspecified atom stereocenters. The number of sulfonamides is 1. The SMILES string of the molecule is CCC(C)NS(=O)(=O)c1ccc(C(=O)N2CCc3sccc3C2CC)cc1. The van der Waals surface area contributed by atoms with Crippen LogP contribution in [0.15, 0.2) is 40.6 Å². The second-order valence-electron chi connectivity index (χ2n) is 6.93. The second-order valence-corrected chi connectivity index (χ2v) is 9.64. The molecule has 2 atom stereocenters. The van der Waals surface area contributed by atoms with Crippen LogP contribution in [-0.4, -0.2) is 31.8 Å². The van der Waals surface area contributed by atoms with Crippen LogP contribution in [0.25, 0.3) is 0 Å². The smallest absolute Gasteiger partial charge is 0.254 e. The van der Waals surface area contributed by atoms with Gasteiger partial charge in [-0.3, -0.25) is 4.79 Å². The maximum absolute atomic E-state index is 13.1. The van der Waals surface area contributed by atoms with E-state index in [1.807, 2.05) is 18.7 Å². The van der Waals surface area contributed by atoms with Crippen molar-refractivity contribution in [2.75, 3.05) is 6.54 Å². The third kappa shape index (κ3) is 4.10. The molecule has 1 N–H and O–H groups in total. The number of carbonyl (C=O) groups excluding carboxylic acids is 1. The number of amides is 1. The van der Waals surface area contributed by atoms with Crippen molar-refractivity contribution in [1.29, 1.82) is 0 Å². The summed E-state index contributed by atoms with van der Waals surface area (Å²) in [5, 5.41) is 2.09. The van der Waals surface area contributed by atoms with Crippen molar-refractivity contribution < 1.29 is 13.2 Å². The normalized spacial score (nSPS) is 18.2. The third-order valence-corrected chi connectivity index (χ3v) is 7.72. The summed E-state index contributed by atoms with van der Waals surface area (Å²) in [6.45, 7) is 6.54. The highest BCUT2D eigenvalue weighted by molar-refractivity contribution is 7.89. The summed E-state index contributed by atoms with van der Waals surface area (Å²) in [6, 6.07) is 8.33. The van der Waals surface area contributed by atoms with Gasteiger partial charge in [0.15, 0.2) is 0 Å². The molecule has 1 aliphatic rings. The van der Waals surface area contributed by atoms with Crippen LogP contribution in [0, 0.1) is 0 Å². The van der Waals surface area contributed by atoms with E-state index < -0.39 is 10.0 Å². The van der Waals surface area contributed by atoms with Gasteiger partial charge >= 0.3 is 0 Å². The van der Waals surface area contributed by atoms with E-state index in [0.29, 0.717) is 18.5 Å². The molecule has 0 bridgehead atoms. The molecule has 0 fully saturated rings. The molecule has 0 aliphatic carbocycles. The molecule has 2 aromatic rings. The molecule has 0 saturated carbocycles. The molecule has 27 heavy (non-hydrogen) atoms. The molecule has 146 valence electrons. The Morgan fingerprint density at radius 1 is 1.26 bits per heavy atom. The lowest BCUT2D eigenvalue weighted by Gasteiger charge is -2.35. The van der Waals surface area contributed by atoms with Crippen molar-refractivity contribution in [3.8, 4) is 0 Å². The number of hydrogen-bond acceptors (Lipinski definition) is 4. The molecule has 5 nitrogen and oxygen atoms in total. The van der Waals surface area contributed by atoms with E-state index in [9.17, 15) is 13.2 Å². The minimum absolute atomic E-state index is 0.0440. The van der Waals surface area contributed by atoms with Crippen LogP contribution < -0.4 is 4.72 Å². The lowest BCUT2D eigenvalue weighted by molar-refractivity contribution is 0.0657. The van der Waals surface area contributed by atoms with Gasteiger partial charge in [0.1, 0.15) is 0 Å². The number of benzene rings is 1. The van der Waals surface area contributed by atoms with E-state index in [1.165, 1.54) is 22.6 Å². The number of hydrogen-bond donors (Lipinski definition) is 1. The standard InChI is InChI=1S/C20H26N2O3S2/c1-4-14(3)21-27(24,25)16-8-6-15(7-9-16)20(23)22-12-10-19-17(11-13-26-19)18(22)5-2/h6-9,11,13-14,18,21H,4-5,10,12H2,1-3H3. The Labute approximate surface area is 165 Å². The third-order valence-electron chi connectivity index (χ3n) is 5.12. The number of nitrogens with zero attached hydrogens (tertiary/aromatic N) is 1. The minimum Gasteiger partial charge on any atom is -0.331 e. The maximum Gasteiger partial charge on any atom is 0.254 e. The van der Waals surface area contributed by atoms with Crippen molar-refractivity contribution in [2.45, 2.75) is 57.0 Å². The molecule has 1 amide bonds. The summed E-state index contributed by atoms with van der Waals surface area (Å²) in [5.41, 5.74) is 1.77. The molecule has 1 aromatic heterocycles. The molecule has 1 aromatic carbocycles. The monoisotopic (exact) mass is 406 g/mol. The summed E-state index contributed by atoms with van der Waals surface area (Å²) in [4.78, 5) is 16.5. The van der Waals surface area contributed by atoms with Crippen molar-refractivity contribution in [1.82, 2.24) is 9.62 Å². The Kier molecular flexibility index (Phi) is 6.03. The number of nitrogens with one attached hydrogen (secondary N) is 1. The first-order valence-electron chi connectivity index (χ1n) is 9.37. The first kappa shape index (κ1) is 20.0. The zero-order valence-electron chi connectivity index (χ0n) is 15.9. The lowest BCUT2D eigenvalue weighted by atomic mass is 9.97. The first-order chi connectivity index (χ1) is 12.9. The van der Waals surface area contributed by atoms with Crippen molar-refractivity contribution in [2.24, 2.45) is 0 Å². The Morgan fingerprint density at radius 2 is 1.96 bits per heavy atom. The highest BCUT2D eigenvalue weighted by Crippen LogP contribution is 2.36. The van der Waals surface area contributed by atoms with Gasteiger partial charge in [0.2, 0.25) is 10.0 Å². The van der Waals surface area contributed by atoms with Crippen LogP contribution in [-0.2, 0) is 16.4 Å². The Balaban J connectivity index is 1.80. The second kappa shape index (κ2) is 8.12. The van der Waals surface area contributed by atoms with Gasteiger partial charge in [0.25, 0.3) is 5.91 Å². The molecule has 7 heteroatoms. The summed E-state index contributed by atoms with van der Waals surface area (Å²) >= 11 is 1.75. The molecule has 3 rings (SSSR count). The topological polar surface area (TPSA) is 66.5 Å². The van der Waals surface area contributed by atoms with Gasteiger partial charge in [0.05, 0.1) is 10.9 Å². The van der Waals surface area contributed by atoms with Crippen molar-refractivity contribution in [3.05, 3.63) is 51.7 Å². The van der Waals surface area contributed by atoms with Gasteiger partial charge in [-0.2, -0.15) is 0 Å². The molecular formula is C20H26N2O3S2. The minimum atomic E-state index is -3.56. The molecular weight excluding hydrogens is 380 g/mol. The first-order valence-corrected chi connectivity index (χ1v) is 11.7. The Hall–Kier alpha value is -1.70. The highest BCUT2D eigenvalue weighted by atomic mass is 32.2. The van der Waals surface area contributed by atoms with Crippen LogP contribution in [0.2, 0.25) is 0 Å². The van der Waals surface area contributed by atoms with E-state index >= 15 is 0 Å². The van der Waals surface area contributed by atoms with E-state index in [4.69, 9.17) is 0 Å². The van der Waals surface area contributed by atoms with Crippen LogP contribution in [0.4, 0.5) is 0 Å². The van der Waals surface area contributed by atoms with E-state index in [1.54, 1.807) is 23.5 Å². The van der Waals surface area contributed by atoms with Gasteiger partial charge in [-0.05, 0) is 67.5 Å². The Bertz CT molecular complexity index is 904. The molecule has 0 saturated heterocycles. The summed E-state index contributed by atoms with van der Waals surface area (Å²) < 4.78 is 27.4. The van der Waals surface area contributed by atoms with E-state index in [0.717, 1.165) is 12.8 Å². The van der Waals surface area contributed by atoms with E-state index in [-0.39, 0.29) is 22.9 Å². The fraction of sp³-hybridized carbons (Fsp3) is 0.450. The van der Waals surface area contributed by atoms with Crippen molar-refractivity contribution in [3.63, 3.8) is 0 Å². The van der Waals surface area contributed by atoms with Gasteiger partial charge in [-0.1, -0.05) is 13.8 Å². The largest absolute Gasteiger partial charge is 0.331 e. The average molecular weight is 407 g/mol. The van der Waals surface area contributed by atoms with Crippen molar-refractivity contribution >= 4 is 27.3 Å². The number of carbonyl (C=O) groups is 1. The lowest BCUT2D eigenvalue weighted by Crippen LogP contribution is -2.39. The number of fused-ring (bicyclic) bond motifs is 1. The number of thiophene rings is 1. The van der Waals surface area contributed by atoms with Crippen LogP contribution in [0.1, 0.15) is 60.5 Å². The van der Waals surface area contributed by atoms with Crippen LogP contribution in [0.3, 0.4) is 0 Å². The Morgan fingerprint density at radius 3 is 2.59 bits per heavy atom. The molecule has 1 aliphatic heterocycles. The van der Waals surface area contributed by atoms with Gasteiger partial charge in [-0.25, -0.2) is 13.1 Å². The average Bonchev–Trinajstić information content (AvgIpc) is 3.15. The maximum atomic E-state index is 13.1. The van der Waals surface area contributed by atoms with Crippen LogP contribution in [0.5, 0.6) is 0 Å². The summed E-state index contributed by atoms with van der Waals surface area (Å²) in [5.74, 6) is -0.0440. The van der Waals surface area contributed by atoms with Crippen LogP contribution >= 0.6 is 11.3 Å². The zero-order chi connectivity index (χ0) is 19.6. The van der Waals surface area contributed by atoms with Gasteiger partial charge < -0.3 is 4.90 Å². The zero-order valence-corrected chi connectivity index (χ0v) is 17.6. The summed E-state index contributed by atoms with van der Waals surface area (Å²) in [7, 11) is -3.56. The van der Waals surface area contributed by atoms with E-state index in [2.05, 4.69) is 23.1 Å². The molecule has 2 heterocycles. The predicted molar refractivity (Wildman–Crippen MR) is 109 cm³/mol. The number of rotatable bonds is 6. The molecule has 0 radical (unpaired) electrons. The molecule has 0 spiro atoms. The van der Waals surface area contributed by atoms with Gasteiger partial charge in [0, 0.05) is 23.0 Å². The fourth-order valence-corrected chi connectivity index (χ4v) is 5.69. The fourth-order valence-electron chi connectivity index (χ4n) is 3.44. The predicted octanol–water partition coefficient (Wildman–Crippen LogP) is 3.97. The van der Waals surface area contributed by atoms with Gasteiger partial charge in [-0.15, -0.1) is 11.3 Å². The highest BCUT2D eigenvalue weighted by Gasteiger charge is 2.31. The quantitative estimate of drug-likeness (QED) is 0.789. The summed E-state index contributed by atoms with van der Waals surface area (Å²) in [6.07, 6.45) is 2.45.